The van der Waals surface area contributed by atoms with Gasteiger partial charge in [-0.1, -0.05) is 48.0 Å². The van der Waals surface area contributed by atoms with E-state index in [0.29, 0.717) is 22.9 Å². The van der Waals surface area contributed by atoms with Gasteiger partial charge in [0.05, 0.1) is 17.7 Å². The molecule has 0 heterocycles. The van der Waals surface area contributed by atoms with Gasteiger partial charge < -0.3 is 15.0 Å². The molecule has 0 aliphatic carbocycles. The van der Waals surface area contributed by atoms with Gasteiger partial charge in [-0.15, -0.1) is 0 Å². The molecule has 8 nitrogen and oxygen atoms in total. The molecule has 0 aliphatic rings. The quantitative estimate of drug-likeness (QED) is 0.393. The van der Waals surface area contributed by atoms with Gasteiger partial charge in [0.2, 0.25) is 11.8 Å². The zero-order chi connectivity index (χ0) is 27.0. The third-order valence-electron chi connectivity index (χ3n) is 5.71. The van der Waals surface area contributed by atoms with E-state index in [4.69, 9.17) is 16.3 Å². The summed E-state index contributed by atoms with van der Waals surface area (Å²) in [6, 6.07) is 20.4. The molecule has 1 unspecified atom stereocenters. The Kier molecular flexibility index (Phi) is 9.54. The lowest BCUT2D eigenvalue weighted by atomic mass is 10.1. The number of likely N-dealkylation sites (N-methyl/N-ethyl adjacent to an activating group) is 1. The number of anilines is 1. The van der Waals surface area contributed by atoms with Crippen molar-refractivity contribution in [3.8, 4) is 5.75 Å². The first-order chi connectivity index (χ1) is 17.7. The molecule has 10 heteroatoms. The Morgan fingerprint density at radius 2 is 1.70 bits per heavy atom. The number of halogens is 1. The Morgan fingerprint density at radius 3 is 2.35 bits per heavy atom. The van der Waals surface area contributed by atoms with Crippen molar-refractivity contribution < 1.29 is 22.7 Å². The number of rotatable bonds is 11. The van der Waals surface area contributed by atoms with Crippen LogP contribution < -0.4 is 14.4 Å². The van der Waals surface area contributed by atoms with Crippen molar-refractivity contribution in [3.63, 3.8) is 0 Å². The number of hydrogen-bond acceptors (Lipinski definition) is 5. The second-order valence-corrected chi connectivity index (χ2v) is 10.5. The molecule has 2 amide bonds. The maximum absolute atomic E-state index is 13.8. The van der Waals surface area contributed by atoms with Crippen LogP contribution in [0.5, 0.6) is 5.75 Å². The highest BCUT2D eigenvalue weighted by molar-refractivity contribution is 7.92. The van der Waals surface area contributed by atoms with Gasteiger partial charge in [0.1, 0.15) is 18.3 Å². The molecule has 0 fully saturated rings. The molecule has 0 aliphatic heterocycles. The Bertz CT molecular complexity index is 1330. The van der Waals surface area contributed by atoms with Crippen molar-refractivity contribution in [1.29, 1.82) is 0 Å². The highest BCUT2D eigenvalue weighted by Gasteiger charge is 2.32. The van der Waals surface area contributed by atoms with Crippen molar-refractivity contribution in [1.82, 2.24) is 10.2 Å². The van der Waals surface area contributed by atoms with Crippen molar-refractivity contribution in [2.75, 3.05) is 24.5 Å². The fourth-order valence-corrected chi connectivity index (χ4v) is 5.39. The number of carbonyl (C=O) groups excluding carboxylic acids is 2. The first-order valence-electron chi connectivity index (χ1n) is 11.7. The first-order valence-corrected chi connectivity index (χ1v) is 13.5. The maximum Gasteiger partial charge on any atom is 0.264 e. The lowest BCUT2D eigenvalue weighted by Crippen LogP contribution is -2.51. The standard InChI is InChI=1S/C27H30ClN3O5S/c1-4-29-27(33)20(2)30(18-21-10-8-11-22(28)16-21)26(32)19-31(23-12-9-13-24(17-23)36-3)37(34,35)25-14-6-5-7-15-25/h5-17,20H,4,18-19H2,1-3H3,(H,29,33). The van der Waals surface area contributed by atoms with E-state index in [1.165, 1.54) is 24.1 Å². The van der Waals surface area contributed by atoms with Crippen LogP contribution in [-0.2, 0) is 26.2 Å². The zero-order valence-electron chi connectivity index (χ0n) is 20.9. The molecule has 0 aromatic heterocycles. The lowest BCUT2D eigenvalue weighted by molar-refractivity contribution is -0.139. The monoisotopic (exact) mass is 543 g/mol. The van der Waals surface area contributed by atoms with E-state index in [1.807, 2.05) is 0 Å². The van der Waals surface area contributed by atoms with Gasteiger partial charge in [0.25, 0.3) is 10.0 Å². The summed E-state index contributed by atoms with van der Waals surface area (Å²) in [5.74, 6) is -0.470. The summed E-state index contributed by atoms with van der Waals surface area (Å²) in [7, 11) is -2.66. The number of hydrogen-bond donors (Lipinski definition) is 1. The molecule has 0 saturated heterocycles. The molecule has 1 atom stereocenters. The van der Waals surface area contributed by atoms with E-state index in [2.05, 4.69) is 5.32 Å². The van der Waals surface area contributed by atoms with Gasteiger partial charge in [-0.05, 0) is 55.8 Å². The fraction of sp³-hybridized carbons (Fsp3) is 0.259. The average Bonchev–Trinajstić information content (AvgIpc) is 2.90. The van der Waals surface area contributed by atoms with E-state index < -0.39 is 28.5 Å². The van der Waals surface area contributed by atoms with Crippen LogP contribution in [0.1, 0.15) is 19.4 Å². The summed E-state index contributed by atoms with van der Waals surface area (Å²) in [6.07, 6.45) is 0. The Morgan fingerprint density at radius 1 is 1.00 bits per heavy atom. The number of sulfonamides is 1. The van der Waals surface area contributed by atoms with Crippen LogP contribution in [-0.4, -0.2) is 51.4 Å². The van der Waals surface area contributed by atoms with Crippen LogP contribution in [0.4, 0.5) is 5.69 Å². The summed E-state index contributed by atoms with van der Waals surface area (Å²) >= 11 is 6.14. The molecule has 196 valence electrons. The number of nitrogens with one attached hydrogen (secondary N) is 1. The second kappa shape index (κ2) is 12.6. The second-order valence-electron chi connectivity index (χ2n) is 8.25. The molecule has 0 bridgehead atoms. The van der Waals surface area contributed by atoms with Crippen LogP contribution in [0.25, 0.3) is 0 Å². The molecule has 37 heavy (non-hydrogen) atoms. The summed E-state index contributed by atoms with van der Waals surface area (Å²) in [5, 5.41) is 3.21. The predicted molar refractivity (Wildman–Crippen MR) is 144 cm³/mol. The van der Waals surface area contributed by atoms with Crippen LogP contribution >= 0.6 is 11.6 Å². The number of nitrogens with zero attached hydrogens (tertiary/aromatic N) is 2. The molecule has 0 radical (unpaired) electrons. The van der Waals surface area contributed by atoms with Crippen LogP contribution in [0, 0.1) is 0 Å². The minimum Gasteiger partial charge on any atom is -0.497 e. The molecule has 3 aromatic rings. The van der Waals surface area contributed by atoms with Crippen molar-refractivity contribution >= 4 is 39.1 Å². The third kappa shape index (κ3) is 7.02. The van der Waals surface area contributed by atoms with E-state index in [0.717, 1.165) is 4.31 Å². The van der Waals surface area contributed by atoms with Crippen LogP contribution in [0.2, 0.25) is 5.02 Å². The molecule has 3 aromatic carbocycles. The molecule has 0 spiro atoms. The summed E-state index contributed by atoms with van der Waals surface area (Å²) in [5.41, 5.74) is 0.959. The predicted octanol–water partition coefficient (Wildman–Crippen LogP) is 4.10. The molecular formula is C27H30ClN3O5S. The van der Waals surface area contributed by atoms with Gasteiger partial charge >= 0.3 is 0 Å². The number of carbonyl (C=O) groups is 2. The summed E-state index contributed by atoms with van der Waals surface area (Å²) in [4.78, 5) is 27.9. The summed E-state index contributed by atoms with van der Waals surface area (Å²) < 4.78 is 33.7. The SMILES string of the molecule is CCNC(=O)C(C)N(Cc1cccc(Cl)c1)C(=O)CN(c1cccc(OC)c1)S(=O)(=O)c1ccccc1. The topological polar surface area (TPSA) is 96.0 Å². The number of methoxy groups -OCH3 is 1. The summed E-state index contributed by atoms with van der Waals surface area (Å²) in [6.45, 7) is 3.31. The molecule has 1 N–H and O–H groups in total. The van der Waals surface area contributed by atoms with E-state index in [-0.39, 0.29) is 23.0 Å². The van der Waals surface area contributed by atoms with Gasteiger partial charge in [0, 0.05) is 24.2 Å². The van der Waals surface area contributed by atoms with Gasteiger partial charge in [-0.3, -0.25) is 13.9 Å². The first kappa shape index (κ1) is 28.0. The number of amides is 2. The maximum atomic E-state index is 13.8. The average molecular weight is 544 g/mol. The van der Waals surface area contributed by atoms with Gasteiger partial charge in [0.15, 0.2) is 0 Å². The van der Waals surface area contributed by atoms with Crippen molar-refractivity contribution in [3.05, 3.63) is 89.4 Å². The van der Waals surface area contributed by atoms with E-state index in [9.17, 15) is 18.0 Å². The fourth-order valence-electron chi connectivity index (χ4n) is 3.75. The number of ether oxygens (including phenoxy) is 1. The Balaban J connectivity index is 2.04. The van der Waals surface area contributed by atoms with Crippen molar-refractivity contribution in [2.45, 2.75) is 31.3 Å². The molecule has 0 saturated carbocycles. The highest BCUT2D eigenvalue weighted by Crippen LogP contribution is 2.27. The lowest BCUT2D eigenvalue weighted by Gasteiger charge is -2.32. The van der Waals surface area contributed by atoms with E-state index >= 15 is 0 Å². The van der Waals surface area contributed by atoms with E-state index in [1.54, 1.807) is 80.6 Å². The molecular weight excluding hydrogens is 514 g/mol. The minimum atomic E-state index is -4.13. The van der Waals surface area contributed by atoms with Crippen LogP contribution in [0.3, 0.4) is 0 Å². The molecule has 3 rings (SSSR count). The number of benzene rings is 3. The van der Waals surface area contributed by atoms with Gasteiger partial charge in [-0.2, -0.15) is 0 Å². The normalized spacial score (nSPS) is 11.9. The third-order valence-corrected chi connectivity index (χ3v) is 7.73. The highest BCUT2D eigenvalue weighted by atomic mass is 35.5. The zero-order valence-corrected chi connectivity index (χ0v) is 22.5. The van der Waals surface area contributed by atoms with Crippen LogP contribution in [0.15, 0.2) is 83.8 Å². The Labute approximate surface area is 222 Å². The smallest absolute Gasteiger partial charge is 0.264 e. The largest absolute Gasteiger partial charge is 0.497 e. The minimum absolute atomic E-state index is 0.0313. The van der Waals surface area contributed by atoms with Gasteiger partial charge in [-0.25, -0.2) is 8.42 Å². The Hall–Kier alpha value is -3.56. The van der Waals surface area contributed by atoms with Crippen molar-refractivity contribution in [2.24, 2.45) is 0 Å².